The maximum atomic E-state index is 12.5. The van der Waals surface area contributed by atoms with Crippen LogP contribution in [0.15, 0.2) is 48.5 Å². The Labute approximate surface area is 169 Å². The second-order valence-corrected chi connectivity index (χ2v) is 8.52. The number of carbonyl (C=O) groups is 1. The van der Waals surface area contributed by atoms with Crippen LogP contribution in [0, 0.1) is 6.92 Å². The molecular formula is C22H24N2OS2. The molecule has 0 bridgehead atoms. The number of carbonyl (C=O) groups excluding carboxylic acids is 1. The summed E-state index contributed by atoms with van der Waals surface area (Å²) >= 11 is 3.28. The van der Waals surface area contributed by atoms with Crippen LogP contribution in [-0.4, -0.2) is 17.1 Å². The first-order valence-corrected chi connectivity index (χ1v) is 11.3. The Morgan fingerprint density at radius 3 is 2.37 bits per heavy atom. The van der Waals surface area contributed by atoms with Crippen molar-refractivity contribution in [2.45, 2.75) is 32.4 Å². The lowest BCUT2D eigenvalue weighted by Gasteiger charge is -2.04. The van der Waals surface area contributed by atoms with E-state index in [0.717, 1.165) is 34.7 Å². The molecule has 1 aromatic heterocycles. The molecule has 0 aliphatic heterocycles. The van der Waals surface area contributed by atoms with E-state index < -0.39 is 0 Å². The zero-order valence-electron chi connectivity index (χ0n) is 15.9. The van der Waals surface area contributed by atoms with Gasteiger partial charge in [0.05, 0.1) is 5.69 Å². The molecule has 0 fully saturated rings. The number of amides is 1. The maximum absolute atomic E-state index is 12.5. The van der Waals surface area contributed by atoms with Crippen molar-refractivity contribution in [2.75, 3.05) is 11.6 Å². The van der Waals surface area contributed by atoms with Gasteiger partial charge in [0.1, 0.15) is 0 Å². The number of benzene rings is 2. The number of nitrogens with zero attached hydrogens (tertiary/aromatic N) is 1. The van der Waals surface area contributed by atoms with Gasteiger partial charge in [-0.05, 0) is 42.9 Å². The lowest BCUT2D eigenvalue weighted by molar-refractivity contribution is 0.102. The highest BCUT2D eigenvalue weighted by Gasteiger charge is 2.13. The number of anilines is 1. The fraction of sp³-hybridized carbons (Fsp3) is 0.273. The largest absolute Gasteiger partial charge is 0.298 e. The van der Waals surface area contributed by atoms with Crippen LogP contribution in [0.1, 0.15) is 39.7 Å². The number of aromatic nitrogens is 1. The predicted molar refractivity (Wildman–Crippen MR) is 118 cm³/mol. The summed E-state index contributed by atoms with van der Waals surface area (Å²) in [5.41, 5.74) is 5.24. The molecule has 5 heteroatoms. The third-order valence-corrected chi connectivity index (χ3v) is 5.82. The normalized spacial score (nSPS) is 10.8. The molecule has 0 spiro atoms. The third-order valence-electron chi connectivity index (χ3n) is 4.31. The van der Waals surface area contributed by atoms with Crippen molar-refractivity contribution in [2.24, 2.45) is 0 Å². The Morgan fingerprint density at radius 2 is 1.74 bits per heavy atom. The lowest BCUT2D eigenvalue weighted by atomic mass is 10.1. The molecule has 1 amide bonds. The molecule has 27 heavy (non-hydrogen) atoms. The number of thioether (sulfide) groups is 1. The number of thiazole rings is 1. The summed E-state index contributed by atoms with van der Waals surface area (Å²) in [6.45, 7) is 4.23. The van der Waals surface area contributed by atoms with E-state index in [9.17, 15) is 4.79 Å². The molecule has 0 saturated carbocycles. The minimum Gasteiger partial charge on any atom is -0.298 e. The Bertz CT molecular complexity index is 899. The van der Waals surface area contributed by atoms with Crippen LogP contribution in [0.5, 0.6) is 0 Å². The molecule has 0 saturated heterocycles. The first kappa shape index (κ1) is 19.6. The Hall–Kier alpha value is -2.11. The average molecular weight is 397 g/mol. The van der Waals surface area contributed by atoms with Gasteiger partial charge in [-0.1, -0.05) is 49.7 Å². The van der Waals surface area contributed by atoms with Crippen LogP contribution in [0.3, 0.4) is 0 Å². The molecule has 1 heterocycles. The molecule has 3 aromatic rings. The van der Waals surface area contributed by atoms with Crippen molar-refractivity contribution in [1.29, 1.82) is 0 Å². The van der Waals surface area contributed by atoms with Gasteiger partial charge in [-0.2, -0.15) is 11.8 Å². The first-order chi connectivity index (χ1) is 13.1. The van der Waals surface area contributed by atoms with Crippen molar-refractivity contribution < 1.29 is 4.79 Å². The topological polar surface area (TPSA) is 42.0 Å². The number of rotatable bonds is 7. The first-order valence-electron chi connectivity index (χ1n) is 9.06. The Morgan fingerprint density at radius 1 is 1.07 bits per heavy atom. The van der Waals surface area contributed by atoms with Gasteiger partial charge in [0.2, 0.25) is 0 Å². The van der Waals surface area contributed by atoms with E-state index in [1.165, 1.54) is 22.5 Å². The van der Waals surface area contributed by atoms with Gasteiger partial charge in [-0.3, -0.25) is 10.1 Å². The van der Waals surface area contributed by atoms with Crippen molar-refractivity contribution >= 4 is 34.1 Å². The van der Waals surface area contributed by atoms with E-state index in [4.69, 9.17) is 0 Å². The van der Waals surface area contributed by atoms with E-state index >= 15 is 0 Å². The lowest BCUT2D eigenvalue weighted by Crippen LogP contribution is -2.11. The minimum absolute atomic E-state index is 0.121. The highest BCUT2D eigenvalue weighted by atomic mass is 32.2. The van der Waals surface area contributed by atoms with Crippen molar-refractivity contribution in [3.05, 3.63) is 70.1 Å². The van der Waals surface area contributed by atoms with E-state index in [1.807, 2.05) is 31.2 Å². The summed E-state index contributed by atoms with van der Waals surface area (Å²) in [6.07, 6.45) is 4.30. The van der Waals surface area contributed by atoms with Gasteiger partial charge in [0.15, 0.2) is 5.13 Å². The monoisotopic (exact) mass is 396 g/mol. The van der Waals surface area contributed by atoms with Crippen LogP contribution in [-0.2, 0) is 12.2 Å². The second-order valence-electron chi connectivity index (χ2n) is 6.45. The van der Waals surface area contributed by atoms with Gasteiger partial charge >= 0.3 is 0 Å². The molecule has 0 aliphatic carbocycles. The van der Waals surface area contributed by atoms with Crippen LogP contribution in [0.25, 0.3) is 11.3 Å². The molecule has 0 atom stereocenters. The van der Waals surface area contributed by atoms with Gasteiger partial charge in [0.25, 0.3) is 5.91 Å². The minimum atomic E-state index is -0.121. The zero-order valence-corrected chi connectivity index (χ0v) is 17.5. The fourth-order valence-electron chi connectivity index (χ4n) is 2.92. The summed E-state index contributed by atoms with van der Waals surface area (Å²) in [7, 11) is 0. The summed E-state index contributed by atoms with van der Waals surface area (Å²) in [5, 5.41) is 3.57. The van der Waals surface area contributed by atoms with Crippen LogP contribution >= 0.6 is 23.1 Å². The molecule has 2 aromatic carbocycles. The number of hydrogen-bond acceptors (Lipinski definition) is 4. The van der Waals surface area contributed by atoms with Gasteiger partial charge in [-0.25, -0.2) is 4.98 Å². The van der Waals surface area contributed by atoms with Gasteiger partial charge < -0.3 is 0 Å². The molecule has 3 rings (SSSR count). The van der Waals surface area contributed by atoms with Gasteiger partial charge in [-0.15, -0.1) is 11.3 Å². The maximum Gasteiger partial charge on any atom is 0.257 e. The highest BCUT2D eigenvalue weighted by molar-refractivity contribution is 7.97. The van der Waals surface area contributed by atoms with E-state index in [1.54, 1.807) is 11.8 Å². The van der Waals surface area contributed by atoms with Gasteiger partial charge in [0, 0.05) is 21.8 Å². The van der Waals surface area contributed by atoms with Crippen molar-refractivity contribution in [1.82, 2.24) is 4.98 Å². The summed E-state index contributed by atoms with van der Waals surface area (Å²) < 4.78 is 0. The highest BCUT2D eigenvalue weighted by Crippen LogP contribution is 2.31. The molecule has 0 radical (unpaired) electrons. The predicted octanol–water partition coefficient (Wildman–Crippen LogP) is 6.19. The molecule has 3 nitrogen and oxygen atoms in total. The Kier molecular flexibility index (Phi) is 6.69. The van der Waals surface area contributed by atoms with E-state index in [0.29, 0.717) is 10.7 Å². The molecule has 1 N–H and O–H groups in total. The summed E-state index contributed by atoms with van der Waals surface area (Å²) in [5.74, 6) is 0.831. The van der Waals surface area contributed by atoms with Crippen LogP contribution < -0.4 is 5.32 Å². The molecule has 140 valence electrons. The number of nitrogens with one attached hydrogen (secondary N) is 1. The average Bonchev–Trinajstić information content (AvgIpc) is 3.03. The third kappa shape index (κ3) is 4.99. The van der Waals surface area contributed by atoms with E-state index in [2.05, 4.69) is 47.7 Å². The summed E-state index contributed by atoms with van der Waals surface area (Å²) in [4.78, 5) is 18.3. The number of aryl methyl sites for hydroxylation is 2. The standard InChI is InChI=1S/C22H24N2OS2/c1-4-5-16-6-10-18(11-7-16)20-15(2)27-22(23-20)24-21(25)19-12-8-17(9-13-19)14-26-3/h6-13H,4-5,14H2,1-3H3,(H,23,24,25). The summed E-state index contributed by atoms with van der Waals surface area (Å²) in [6, 6.07) is 16.3. The van der Waals surface area contributed by atoms with Crippen LogP contribution in [0.4, 0.5) is 5.13 Å². The molecule has 0 unspecified atom stereocenters. The quantitative estimate of drug-likeness (QED) is 0.518. The van der Waals surface area contributed by atoms with Crippen molar-refractivity contribution in [3.8, 4) is 11.3 Å². The zero-order chi connectivity index (χ0) is 19.2. The number of hydrogen-bond donors (Lipinski definition) is 1. The second kappa shape index (κ2) is 9.20. The van der Waals surface area contributed by atoms with Crippen molar-refractivity contribution in [3.63, 3.8) is 0 Å². The fourth-order valence-corrected chi connectivity index (χ4v) is 4.28. The SMILES string of the molecule is CCCc1ccc(-c2nc(NC(=O)c3ccc(CSC)cc3)sc2C)cc1. The molecular weight excluding hydrogens is 372 g/mol. The van der Waals surface area contributed by atoms with Crippen LogP contribution in [0.2, 0.25) is 0 Å². The van der Waals surface area contributed by atoms with E-state index in [-0.39, 0.29) is 5.91 Å². The Balaban J connectivity index is 1.72. The molecule has 0 aliphatic rings. The smallest absolute Gasteiger partial charge is 0.257 e.